The summed E-state index contributed by atoms with van der Waals surface area (Å²) < 4.78 is 27.1. The number of nitrogens with zero attached hydrogens (tertiary/aromatic N) is 2. The number of hydrogen-bond acceptors (Lipinski definition) is 3. The third-order valence-electron chi connectivity index (χ3n) is 4.41. The van der Waals surface area contributed by atoms with Gasteiger partial charge in [-0.1, -0.05) is 11.6 Å². The smallest absolute Gasteiger partial charge is 0.169 e. The first-order chi connectivity index (χ1) is 11.7. The van der Waals surface area contributed by atoms with Gasteiger partial charge in [-0.15, -0.1) is 0 Å². The lowest BCUT2D eigenvalue weighted by Crippen LogP contribution is -2.18. The Bertz CT molecular complexity index is 883. The van der Waals surface area contributed by atoms with Crippen LogP contribution in [0.3, 0.4) is 0 Å². The Kier molecular flexibility index (Phi) is 3.94. The summed E-state index contributed by atoms with van der Waals surface area (Å²) >= 11 is 5.98. The van der Waals surface area contributed by atoms with Crippen LogP contribution in [-0.4, -0.2) is 28.5 Å². The van der Waals surface area contributed by atoms with Crippen LogP contribution >= 0.6 is 11.6 Å². The van der Waals surface area contributed by atoms with Crippen molar-refractivity contribution in [2.24, 2.45) is 0 Å². The number of methoxy groups -OCH3 is 1. The van der Waals surface area contributed by atoms with Gasteiger partial charge in [-0.25, -0.2) is 9.07 Å². The Morgan fingerprint density at radius 1 is 1.46 bits per heavy atom. The van der Waals surface area contributed by atoms with E-state index in [0.29, 0.717) is 16.7 Å². The van der Waals surface area contributed by atoms with Crippen LogP contribution in [0, 0.1) is 5.82 Å². The van der Waals surface area contributed by atoms with E-state index in [0.717, 1.165) is 37.0 Å². The van der Waals surface area contributed by atoms with Crippen LogP contribution in [0.15, 0.2) is 24.7 Å². The molecule has 5 nitrogen and oxygen atoms in total. The van der Waals surface area contributed by atoms with Crippen LogP contribution in [0.1, 0.15) is 25.5 Å². The second-order valence-electron chi connectivity index (χ2n) is 5.86. The lowest BCUT2D eigenvalue weighted by atomic mass is 10.1. The molecule has 0 bridgehead atoms. The lowest BCUT2D eigenvalue weighted by molar-refractivity contribution is -0.0394. The van der Waals surface area contributed by atoms with Crippen LogP contribution in [0.2, 0.25) is 5.02 Å². The minimum absolute atomic E-state index is 0.0234. The molecule has 1 aliphatic heterocycles. The van der Waals surface area contributed by atoms with Gasteiger partial charge in [0.25, 0.3) is 0 Å². The molecule has 2 aromatic heterocycles. The molecule has 0 amide bonds. The van der Waals surface area contributed by atoms with Gasteiger partial charge in [0, 0.05) is 35.5 Å². The van der Waals surface area contributed by atoms with Crippen LogP contribution in [0.5, 0.6) is 5.75 Å². The van der Waals surface area contributed by atoms with Gasteiger partial charge in [-0.05, 0) is 25.3 Å². The van der Waals surface area contributed by atoms with E-state index in [2.05, 4.69) is 10.1 Å². The normalized spacial score (nSPS) is 18.2. The number of nitrogens with one attached hydrogen (secondary N) is 1. The van der Waals surface area contributed by atoms with Gasteiger partial charge in [0.15, 0.2) is 5.82 Å². The first-order valence-electron chi connectivity index (χ1n) is 7.88. The van der Waals surface area contributed by atoms with E-state index in [1.54, 1.807) is 18.5 Å². The monoisotopic (exact) mass is 349 g/mol. The minimum atomic E-state index is -0.514. The van der Waals surface area contributed by atoms with Gasteiger partial charge < -0.3 is 14.5 Å². The molecule has 0 spiro atoms. The van der Waals surface area contributed by atoms with Gasteiger partial charge in [0.1, 0.15) is 17.0 Å². The predicted molar refractivity (Wildman–Crippen MR) is 89.9 cm³/mol. The van der Waals surface area contributed by atoms with E-state index in [1.165, 1.54) is 7.11 Å². The molecular weight excluding hydrogens is 333 g/mol. The van der Waals surface area contributed by atoms with Crippen LogP contribution in [0.4, 0.5) is 4.39 Å². The lowest BCUT2D eigenvalue weighted by Gasteiger charge is -2.22. The van der Waals surface area contributed by atoms with Crippen molar-refractivity contribution in [2.45, 2.75) is 25.5 Å². The van der Waals surface area contributed by atoms with Gasteiger partial charge in [-0.2, -0.15) is 5.10 Å². The fourth-order valence-electron chi connectivity index (χ4n) is 3.13. The quantitative estimate of drug-likeness (QED) is 0.755. The maximum Gasteiger partial charge on any atom is 0.169 e. The summed E-state index contributed by atoms with van der Waals surface area (Å²) in [5.41, 5.74) is 2.09. The third-order valence-corrected chi connectivity index (χ3v) is 4.76. The summed E-state index contributed by atoms with van der Waals surface area (Å²) in [4.78, 5) is 2.95. The molecule has 4 rings (SSSR count). The van der Waals surface area contributed by atoms with E-state index in [9.17, 15) is 4.39 Å². The number of fused-ring (bicyclic) bond motifs is 1. The van der Waals surface area contributed by atoms with Crippen molar-refractivity contribution in [3.05, 3.63) is 35.5 Å². The zero-order chi connectivity index (χ0) is 16.7. The highest BCUT2D eigenvalue weighted by atomic mass is 35.5. The summed E-state index contributed by atoms with van der Waals surface area (Å²) in [6, 6.07) is 1.74. The molecule has 1 atom stereocenters. The molecular formula is C17H17ClFN3O2. The number of ether oxygens (including phenoxy) is 2. The highest BCUT2D eigenvalue weighted by Crippen LogP contribution is 2.38. The molecule has 0 aliphatic carbocycles. The van der Waals surface area contributed by atoms with E-state index in [4.69, 9.17) is 21.1 Å². The number of aromatic amines is 1. The van der Waals surface area contributed by atoms with E-state index in [1.807, 2.05) is 10.9 Å². The molecule has 1 fully saturated rings. The summed E-state index contributed by atoms with van der Waals surface area (Å²) in [5.74, 6) is -0.203. The molecule has 1 saturated heterocycles. The first kappa shape index (κ1) is 15.5. The molecule has 0 radical (unpaired) electrons. The Morgan fingerprint density at radius 2 is 2.33 bits per heavy atom. The van der Waals surface area contributed by atoms with Gasteiger partial charge >= 0.3 is 0 Å². The third kappa shape index (κ3) is 2.46. The van der Waals surface area contributed by atoms with Crippen LogP contribution in [-0.2, 0) is 4.74 Å². The summed E-state index contributed by atoms with van der Waals surface area (Å²) in [7, 11) is 1.47. The molecule has 1 aliphatic rings. The number of hydrogen-bond donors (Lipinski definition) is 1. The second kappa shape index (κ2) is 6.11. The zero-order valence-corrected chi connectivity index (χ0v) is 13.9. The molecule has 3 heterocycles. The second-order valence-corrected chi connectivity index (χ2v) is 6.24. The number of aromatic nitrogens is 3. The number of rotatable bonds is 3. The van der Waals surface area contributed by atoms with Crippen molar-refractivity contribution >= 4 is 22.5 Å². The van der Waals surface area contributed by atoms with Crippen molar-refractivity contribution < 1.29 is 13.9 Å². The average molecular weight is 350 g/mol. The molecule has 24 heavy (non-hydrogen) atoms. The fourth-order valence-corrected chi connectivity index (χ4v) is 3.36. The summed E-state index contributed by atoms with van der Waals surface area (Å²) in [6.07, 6.45) is 8.59. The van der Waals surface area contributed by atoms with E-state index >= 15 is 0 Å². The molecule has 1 N–H and O–H groups in total. The SMILES string of the molecule is COc1cc2c(-c3cnn(C4CCCCO4)c3)c[nH]c2c(F)c1Cl. The average Bonchev–Trinajstić information content (AvgIpc) is 3.25. The van der Waals surface area contributed by atoms with E-state index in [-0.39, 0.29) is 11.3 Å². The van der Waals surface area contributed by atoms with Crippen molar-refractivity contribution in [1.82, 2.24) is 14.8 Å². The predicted octanol–water partition coefficient (Wildman–Crippen LogP) is 4.53. The molecule has 3 aromatic rings. The van der Waals surface area contributed by atoms with Gasteiger partial charge in [0.05, 0.1) is 18.8 Å². The Balaban J connectivity index is 1.77. The molecule has 1 aromatic carbocycles. The fraction of sp³-hybridized carbons (Fsp3) is 0.353. The van der Waals surface area contributed by atoms with E-state index < -0.39 is 5.82 Å². The zero-order valence-electron chi connectivity index (χ0n) is 13.2. The van der Waals surface area contributed by atoms with Crippen LogP contribution in [0.25, 0.3) is 22.0 Å². The molecule has 0 saturated carbocycles. The van der Waals surface area contributed by atoms with Crippen molar-refractivity contribution in [2.75, 3.05) is 13.7 Å². The maximum absolute atomic E-state index is 14.4. The number of halogens is 2. The van der Waals surface area contributed by atoms with Crippen molar-refractivity contribution in [3.63, 3.8) is 0 Å². The van der Waals surface area contributed by atoms with Gasteiger partial charge in [0.2, 0.25) is 0 Å². The Labute approximate surface area is 143 Å². The number of H-pyrrole nitrogens is 1. The molecule has 126 valence electrons. The summed E-state index contributed by atoms with van der Waals surface area (Å²) in [6.45, 7) is 0.758. The van der Waals surface area contributed by atoms with Crippen molar-refractivity contribution in [3.8, 4) is 16.9 Å². The Hall–Kier alpha value is -2.05. The number of benzene rings is 1. The van der Waals surface area contributed by atoms with Crippen molar-refractivity contribution in [1.29, 1.82) is 0 Å². The highest BCUT2D eigenvalue weighted by molar-refractivity contribution is 6.33. The minimum Gasteiger partial charge on any atom is -0.495 e. The first-order valence-corrected chi connectivity index (χ1v) is 8.26. The standard InChI is InChI=1S/C17H17ClFN3O2/c1-23-13-6-11-12(8-20-17(11)16(19)15(13)18)10-7-21-22(9-10)14-4-2-3-5-24-14/h6-9,14,20H,2-5H2,1H3. The summed E-state index contributed by atoms with van der Waals surface area (Å²) in [5, 5.41) is 5.09. The van der Waals surface area contributed by atoms with Crippen LogP contribution < -0.4 is 4.74 Å². The topological polar surface area (TPSA) is 52.1 Å². The maximum atomic E-state index is 14.4. The van der Waals surface area contributed by atoms with Gasteiger partial charge in [-0.3, -0.25) is 0 Å². The molecule has 7 heteroatoms. The highest BCUT2D eigenvalue weighted by Gasteiger charge is 2.20. The molecule has 1 unspecified atom stereocenters. The largest absolute Gasteiger partial charge is 0.495 e. The Morgan fingerprint density at radius 3 is 3.08 bits per heavy atom.